The van der Waals surface area contributed by atoms with Crippen LogP contribution in [-0.4, -0.2) is 31.8 Å². The molecule has 46 heavy (non-hydrogen) atoms. The monoisotopic (exact) mass is 600 g/mol. The third-order valence-corrected chi connectivity index (χ3v) is 7.42. The number of H-pyrrole nitrogens is 2. The fraction of sp³-hybridized carbons (Fsp3) is 0. The molecule has 0 fully saturated rings. The van der Waals surface area contributed by atoms with Crippen molar-refractivity contribution in [3.63, 3.8) is 0 Å². The molecule has 0 aliphatic rings. The predicted octanol–water partition coefficient (Wildman–Crippen LogP) is 7.30. The normalized spacial score (nSPS) is 11.9. The van der Waals surface area contributed by atoms with Gasteiger partial charge in [0, 0.05) is 11.1 Å². The van der Waals surface area contributed by atoms with Crippen molar-refractivity contribution >= 4 is 57.4 Å². The predicted molar refractivity (Wildman–Crippen MR) is 182 cm³/mol. The van der Waals surface area contributed by atoms with Crippen molar-refractivity contribution in [1.82, 2.24) is 30.6 Å². The number of hydrogen-bond donors (Lipinski definition) is 4. The molecule has 0 radical (unpaired) electrons. The van der Waals surface area contributed by atoms with Crippen LogP contribution in [0.2, 0.25) is 0 Å². The number of imidazole rings is 2. The lowest BCUT2D eigenvalue weighted by Gasteiger charge is -2.10. The zero-order chi connectivity index (χ0) is 31.3. The molecule has 222 valence electrons. The molecule has 0 unspecified atom stereocenters. The van der Waals surface area contributed by atoms with Crippen LogP contribution in [0.25, 0.3) is 45.6 Å². The Balaban J connectivity index is 1.22. The van der Waals surface area contributed by atoms with E-state index in [0.29, 0.717) is 34.2 Å². The second kappa shape index (κ2) is 12.6. The van der Waals surface area contributed by atoms with Gasteiger partial charge in [-0.05, 0) is 71.8 Å². The molecule has 8 nitrogen and oxygen atoms in total. The number of nitrogens with one attached hydrogen (secondary N) is 4. The molecular formula is C38H28N6O2. The highest BCUT2D eigenvalue weighted by atomic mass is 16.2. The lowest BCUT2D eigenvalue weighted by atomic mass is 10.1. The largest absolute Gasteiger partial charge is 0.337 e. The summed E-state index contributed by atoms with van der Waals surface area (Å²) in [4.78, 5) is 42.4. The number of nitrogens with zero attached hydrogens (tertiary/aromatic N) is 2. The van der Waals surface area contributed by atoms with Gasteiger partial charge in [-0.3, -0.25) is 9.59 Å². The van der Waals surface area contributed by atoms with Crippen molar-refractivity contribution in [2.45, 2.75) is 0 Å². The van der Waals surface area contributed by atoms with Gasteiger partial charge in [0.25, 0.3) is 11.8 Å². The van der Waals surface area contributed by atoms with E-state index in [1.54, 1.807) is 24.3 Å². The molecule has 0 atom stereocenters. The second-order valence-corrected chi connectivity index (χ2v) is 10.6. The van der Waals surface area contributed by atoms with Crippen molar-refractivity contribution in [3.05, 3.63) is 167 Å². The lowest BCUT2D eigenvalue weighted by molar-refractivity contribution is 0.0965. The molecule has 4 N–H and O–H groups in total. The zero-order valence-corrected chi connectivity index (χ0v) is 24.6. The van der Waals surface area contributed by atoms with Gasteiger partial charge < -0.3 is 20.6 Å². The first kappa shape index (κ1) is 28.2. The van der Waals surface area contributed by atoms with E-state index in [9.17, 15) is 9.59 Å². The summed E-state index contributed by atoms with van der Waals surface area (Å²) in [6.45, 7) is 0. The Kier molecular flexibility index (Phi) is 7.73. The van der Waals surface area contributed by atoms with Crippen LogP contribution in [0.5, 0.6) is 0 Å². The molecule has 0 aliphatic heterocycles. The van der Waals surface area contributed by atoms with Crippen molar-refractivity contribution in [2.24, 2.45) is 0 Å². The number of aromatic nitrogens is 4. The minimum absolute atomic E-state index is 0.239. The smallest absolute Gasteiger partial charge is 0.255 e. The number of fused-ring (bicyclic) bond motifs is 2. The van der Waals surface area contributed by atoms with E-state index in [2.05, 4.69) is 20.6 Å². The van der Waals surface area contributed by atoms with Crippen molar-refractivity contribution in [3.8, 4) is 0 Å². The Morgan fingerprint density at radius 1 is 0.478 bits per heavy atom. The standard InChI is InChI=1S/C38H28N6O2/c45-37(27-11-3-1-4-12-27)43-33(35-39-29-15-7-8-16-30(29)40-35)23-25-19-21-26(22-20-25)24-34(44-38(46)28-13-5-2-6-14-28)36-41-31-17-9-10-18-32(31)42-36/h1-24H,(H,39,40)(H,41,42)(H,43,45)(H,44,46)/b33-23-,34-24-. The fourth-order valence-corrected chi connectivity index (χ4v) is 5.08. The summed E-state index contributed by atoms with van der Waals surface area (Å²) < 4.78 is 0. The summed E-state index contributed by atoms with van der Waals surface area (Å²) in [5.74, 6) is 0.614. The first-order valence-electron chi connectivity index (χ1n) is 14.8. The molecule has 0 spiro atoms. The number of hydrogen-bond acceptors (Lipinski definition) is 4. The van der Waals surface area contributed by atoms with Gasteiger partial charge in [-0.25, -0.2) is 9.97 Å². The SMILES string of the molecule is O=C(N/C(=C\c1ccc(/C=C(\NC(=O)c2ccccc2)c2nc3ccccc3[nH]2)cc1)c1nc2ccccc2[nH]1)c1ccccc1. The summed E-state index contributed by atoms with van der Waals surface area (Å²) in [5.41, 5.74) is 7.18. The molecule has 7 rings (SSSR count). The van der Waals surface area contributed by atoms with Crippen molar-refractivity contribution in [1.29, 1.82) is 0 Å². The quantitative estimate of drug-likeness (QED) is 0.147. The van der Waals surface area contributed by atoms with E-state index >= 15 is 0 Å². The molecule has 0 bridgehead atoms. The van der Waals surface area contributed by atoms with E-state index in [1.807, 2.05) is 121 Å². The average molecular weight is 601 g/mol. The van der Waals surface area contributed by atoms with Gasteiger partial charge >= 0.3 is 0 Å². The number of aromatic amines is 2. The van der Waals surface area contributed by atoms with Crippen LogP contribution in [0, 0.1) is 0 Å². The topological polar surface area (TPSA) is 116 Å². The van der Waals surface area contributed by atoms with Crippen LogP contribution < -0.4 is 10.6 Å². The number of para-hydroxylation sites is 4. The summed E-state index contributed by atoms with van der Waals surface area (Å²) in [7, 11) is 0. The number of carbonyl (C=O) groups excluding carboxylic acids is 2. The van der Waals surface area contributed by atoms with E-state index < -0.39 is 0 Å². The van der Waals surface area contributed by atoms with Gasteiger partial charge in [-0.1, -0.05) is 84.9 Å². The molecule has 2 aromatic heterocycles. The number of amides is 2. The Labute approximate surface area is 264 Å². The lowest BCUT2D eigenvalue weighted by Crippen LogP contribution is -2.22. The van der Waals surface area contributed by atoms with E-state index in [0.717, 1.165) is 33.2 Å². The Bertz CT molecular complexity index is 2000. The molecule has 2 heterocycles. The maximum atomic E-state index is 13.2. The molecule has 0 saturated carbocycles. The highest BCUT2D eigenvalue weighted by Crippen LogP contribution is 2.22. The Morgan fingerprint density at radius 2 is 0.848 bits per heavy atom. The minimum Gasteiger partial charge on any atom is -0.337 e. The minimum atomic E-state index is -0.239. The zero-order valence-electron chi connectivity index (χ0n) is 24.6. The first-order valence-corrected chi connectivity index (χ1v) is 14.8. The van der Waals surface area contributed by atoms with Crippen LogP contribution in [0.4, 0.5) is 0 Å². The van der Waals surface area contributed by atoms with Gasteiger partial charge in [-0.15, -0.1) is 0 Å². The molecule has 2 amide bonds. The summed E-state index contributed by atoms with van der Waals surface area (Å²) >= 11 is 0. The van der Waals surface area contributed by atoms with Gasteiger partial charge in [0.1, 0.15) is 0 Å². The first-order chi connectivity index (χ1) is 22.6. The molecule has 5 aromatic carbocycles. The number of rotatable bonds is 8. The van der Waals surface area contributed by atoms with Gasteiger partial charge in [-0.2, -0.15) is 0 Å². The highest BCUT2D eigenvalue weighted by molar-refractivity contribution is 6.03. The van der Waals surface area contributed by atoms with Crippen LogP contribution in [0.1, 0.15) is 43.5 Å². The summed E-state index contributed by atoms with van der Waals surface area (Å²) in [6, 6.07) is 41.3. The van der Waals surface area contributed by atoms with Crippen molar-refractivity contribution < 1.29 is 9.59 Å². The Morgan fingerprint density at radius 3 is 1.24 bits per heavy atom. The third-order valence-electron chi connectivity index (χ3n) is 7.42. The maximum absolute atomic E-state index is 13.2. The second-order valence-electron chi connectivity index (χ2n) is 10.6. The highest BCUT2D eigenvalue weighted by Gasteiger charge is 2.15. The third kappa shape index (κ3) is 6.22. The summed E-state index contributed by atoms with van der Waals surface area (Å²) in [5, 5.41) is 6.07. The number of carbonyl (C=O) groups is 2. The number of benzene rings is 5. The fourth-order valence-electron chi connectivity index (χ4n) is 5.08. The maximum Gasteiger partial charge on any atom is 0.255 e. The van der Waals surface area contributed by atoms with E-state index in [4.69, 9.17) is 9.97 Å². The van der Waals surface area contributed by atoms with Crippen LogP contribution in [-0.2, 0) is 0 Å². The summed E-state index contributed by atoms with van der Waals surface area (Å²) in [6.07, 6.45) is 3.76. The molecule has 0 aliphatic carbocycles. The van der Waals surface area contributed by atoms with E-state index in [1.165, 1.54) is 0 Å². The van der Waals surface area contributed by atoms with E-state index in [-0.39, 0.29) is 11.8 Å². The average Bonchev–Trinajstić information content (AvgIpc) is 3.74. The Hall–Kier alpha value is -6.54. The van der Waals surface area contributed by atoms with Crippen LogP contribution in [0.3, 0.4) is 0 Å². The molecule has 0 saturated heterocycles. The van der Waals surface area contributed by atoms with Crippen LogP contribution >= 0.6 is 0 Å². The van der Waals surface area contributed by atoms with Gasteiger partial charge in [0.15, 0.2) is 11.6 Å². The van der Waals surface area contributed by atoms with Crippen molar-refractivity contribution in [2.75, 3.05) is 0 Å². The molecule has 8 heteroatoms. The van der Waals surface area contributed by atoms with Gasteiger partial charge in [0.2, 0.25) is 0 Å². The molecular weight excluding hydrogens is 572 g/mol. The molecule has 7 aromatic rings. The van der Waals surface area contributed by atoms with Gasteiger partial charge in [0.05, 0.1) is 33.5 Å². The van der Waals surface area contributed by atoms with Crippen LogP contribution in [0.15, 0.2) is 133 Å².